The van der Waals surface area contributed by atoms with E-state index >= 15 is 0 Å². The lowest BCUT2D eigenvalue weighted by Gasteiger charge is -2.24. The molecule has 21 heavy (non-hydrogen) atoms. The number of halogens is 2. The van der Waals surface area contributed by atoms with Crippen LogP contribution in [0.15, 0.2) is 18.2 Å². The van der Waals surface area contributed by atoms with E-state index in [9.17, 15) is 8.78 Å². The van der Waals surface area contributed by atoms with Crippen LogP contribution in [0.1, 0.15) is 49.8 Å². The summed E-state index contributed by atoms with van der Waals surface area (Å²) in [7, 11) is 0. The maximum absolute atomic E-state index is 14.4. The molecular formula is C19H22F2. The van der Waals surface area contributed by atoms with E-state index in [1.54, 1.807) is 0 Å². The van der Waals surface area contributed by atoms with Gasteiger partial charge in [0.1, 0.15) is 0 Å². The van der Waals surface area contributed by atoms with Crippen molar-refractivity contribution >= 4 is 10.8 Å². The Morgan fingerprint density at radius 2 is 1.86 bits per heavy atom. The molecule has 1 aliphatic carbocycles. The molecule has 3 rings (SSSR count). The van der Waals surface area contributed by atoms with Crippen LogP contribution in [0.2, 0.25) is 0 Å². The Morgan fingerprint density at radius 3 is 2.57 bits per heavy atom. The topological polar surface area (TPSA) is 0 Å². The third-order valence-electron chi connectivity index (χ3n) is 4.84. The molecule has 0 saturated heterocycles. The predicted octanol–water partition coefficient (Wildman–Crippen LogP) is 5.59. The first-order valence-electron chi connectivity index (χ1n) is 8.06. The number of benzene rings is 2. The van der Waals surface area contributed by atoms with Crippen LogP contribution in [0, 0.1) is 17.6 Å². The number of aryl methyl sites for hydroxylation is 2. The minimum atomic E-state index is -0.669. The SMILES string of the molecule is CCCc1cc2cc3c(cc2c(F)c1F)CC(CC)CC3. The van der Waals surface area contributed by atoms with Crippen molar-refractivity contribution in [3.63, 3.8) is 0 Å². The van der Waals surface area contributed by atoms with E-state index in [2.05, 4.69) is 13.0 Å². The summed E-state index contributed by atoms with van der Waals surface area (Å²) in [5.74, 6) is -0.647. The fraction of sp³-hybridized carbons (Fsp3) is 0.474. The van der Waals surface area contributed by atoms with Crippen LogP contribution in [-0.2, 0) is 19.3 Å². The van der Waals surface area contributed by atoms with Crippen molar-refractivity contribution in [2.45, 2.75) is 52.4 Å². The van der Waals surface area contributed by atoms with Crippen LogP contribution in [0.25, 0.3) is 10.8 Å². The Labute approximate surface area is 125 Å². The molecule has 0 amide bonds. The summed E-state index contributed by atoms with van der Waals surface area (Å²) in [6.07, 6.45) is 5.84. The van der Waals surface area contributed by atoms with E-state index in [4.69, 9.17) is 0 Å². The lowest BCUT2D eigenvalue weighted by atomic mass is 9.81. The molecule has 0 heterocycles. The van der Waals surface area contributed by atoms with E-state index in [1.165, 1.54) is 17.5 Å². The molecule has 1 aliphatic rings. The van der Waals surface area contributed by atoms with E-state index in [0.29, 0.717) is 23.3 Å². The lowest BCUT2D eigenvalue weighted by Crippen LogP contribution is -2.13. The minimum absolute atomic E-state index is 0.447. The van der Waals surface area contributed by atoms with Gasteiger partial charge in [-0.25, -0.2) is 8.78 Å². The number of rotatable bonds is 3. The van der Waals surface area contributed by atoms with Crippen LogP contribution in [0.5, 0.6) is 0 Å². The summed E-state index contributed by atoms with van der Waals surface area (Å²) < 4.78 is 28.5. The fourth-order valence-corrected chi connectivity index (χ4v) is 3.52. The van der Waals surface area contributed by atoms with Gasteiger partial charge in [0.15, 0.2) is 11.6 Å². The molecule has 0 nitrogen and oxygen atoms in total. The summed E-state index contributed by atoms with van der Waals surface area (Å²) >= 11 is 0. The molecule has 0 fully saturated rings. The first kappa shape index (κ1) is 14.5. The molecule has 0 radical (unpaired) electrons. The molecule has 112 valence electrons. The van der Waals surface area contributed by atoms with E-state index in [1.807, 2.05) is 19.1 Å². The minimum Gasteiger partial charge on any atom is -0.203 e. The smallest absolute Gasteiger partial charge is 0.166 e. The summed E-state index contributed by atoms with van der Waals surface area (Å²) in [6, 6.07) is 5.81. The summed E-state index contributed by atoms with van der Waals surface area (Å²) in [5, 5.41) is 1.30. The van der Waals surface area contributed by atoms with Gasteiger partial charge >= 0.3 is 0 Å². The van der Waals surface area contributed by atoms with Crippen LogP contribution in [-0.4, -0.2) is 0 Å². The van der Waals surface area contributed by atoms with Crippen molar-refractivity contribution < 1.29 is 8.78 Å². The highest BCUT2D eigenvalue weighted by atomic mass is 19.2. The molecule has 0 N–H and O–H groups in total. The van der Waals surface area contributed by atoms with Crippen molar-refractivity contribution in [1.82, 2.24) is 0 Å². The normalized spacial score (nSPS) is 18.0. The highest BCUT2D eigenvalue weighted by molar-refractivity contribution is 5.86. The first-order chi connectivity index (χ1) is 10.1. The summed E-state index contributed by atoms with van der Waals surface area (Å²) in [5.41, 5.74) is 3.03. The first-order valence-corrected chi connectivity index (χ1v) is 8.06. The average molecular weight is 288 g/mol. The van der Waals surface area contributed by atoms with Gasteiger partial charge in [0.05, 0.1) is 0 Å². The van der Waals surface area contributed by atoms with E-state index < -0.39 is 11.6 Å². The molecule has 2 heteroatoms. The zero-order valence-electron chi connectivity index (χ0n) is 12.8. The van der Waals surface area contributed by atoms with Gasteiger partial charge in [-0.3, -0.25) is 0 Å². The second kappa shape index (κ2) is 5.75. The Hall–Kier alpha value is -1.44. The zero-order chi connectivity index (χ0) is 15.0. The quantitative estimate of drug-likeness (QED) is 0.691. The van der Waals surface area contributed by atoms with Crippen LogP contribution >= 0.6 is 0 Å². The lowest BCUT2D eigenvalue weighted by molar-refractivity contribution is 0.445. The largest absolute Gasteiger partial charge is 0.203 e. The Balaban J connectivity index is 2.14. The van der Waals surface area contributed by atoms with Crippen LogP contribution in [0.3, 0.4) is 0 Å². The molecular weight excluding hydrogens is 266 g/mol. The molecule has 0 aromatic heterocycles. The van der Waals surface area contributed by atoms with Crippen molar-refractivity contribution in [1.29, 1.82) is 0 Å². The zero-order valence-corrected chi connectivity index (χ0v) is 12.8. The molecule has 1 atom stereocenters. The third-order valence-corrected chi connectivity index (χ3v) is 4.84. The molecule has 0 bridgehead atoms. The van der Waals surface area contributed by atoms with Crippen LogP contribution in [0.4, 0.5) is 8.78 Å². The van der Waals surface area contributed by atoms with E-state index in [0.717, 1.165) is 31.1 Å². The Kier molecular flexibility index (Phi) is 3.97. The van der Waals surface area contributed by atoms with Crippen molar-refractivity contribution in [2.75, 3.05) is 0 Å². The van der Waals surface area contributed by atoms with Gasteiger partial charge in [0.2, 0.25) is 0 Å². The van der Waals surface area contributed by atoms with Gasteiger partial charge in [-0.15, -0.1) is 0 Å². The maximum atomic E-state index is 14.4. The highest BCUT2D eigenvalue weighted by Gasteiger charge is 2.20. The molecule has 0 aliphatic heterocycles. The Bertz CT molecular complexity index is 673. The van der Waals surface area contributed by atoms with Gasteiger partial charge in [-0.05, 0) is 65.8 Å². The monoisotopic (exact) mass is 288 g/mol. The van der Waals surface area contributed by atoms with Crippen LogP contribution < -0.4 is 0 Å². The number of fused-ring (bicyclic) bond motifs is 2. The predicted molar refractivity (Wildman–Crippen MR) is 83.7 cm³/mol. The van der Waals surface area contributed by atoms with Gasteiger partial charge in [0, 0.05) is 5.39 Å². The van der Waals surface area contributed by atoms with Gasteiger partial charge in [-0.1, -0.05) is 32.8 Å². The molecule has 2 aromatic rings. The molecule has 1 unspecified atom stereocenters. The van der Waals surface area contributed by atoms with Gasteiger partial charge in [0.25, 0.3) is 0 Å². The molecule has 0 saturated carbocycles. The number of hydrogen-bond donors (Lipinski definition) is 0. The average Bonchev–Trinajstić information content (AvgIpc) is 2.50. The number of hydrogen-bond acceptors (Lipinski definition) is 0. The van der Waals surface area contributed by atoms with Gasteiger partial charge in [-0.2, -0.15) is 0 Å². The Morgan fingerprint density at radius 1 is 1.05 bits per heavy atom. The second-order valence-electron chi connectivity index (χ2n) is 6.27. The fourth-order valence-electron chi connectivity index (χ4n) is 3.52. The van der Waals surface area contributed by atoms with Crippen molar-refractivity contribution in [2.24, 2.45) is 5.92 Å². The second-order valence-corrected chi connectivity index (χ2v) is 6.27. The van der Waals surface area contributed by atoms with E-state index in [-0.39, 0.29) is 0 Å². The summed E-state index contributed by atoms with van der Waals surface area (Å²) in [4.78, 5) is 0. The van der Waals surface area contributed by atoms with Crippen molar-refractivity contribution in [3.05, 3.63) is 46.5 Å². The molecule has 2 aromatic carbocycles. The summed E-state index contributed by atoms with van der Waals surface area (Å²) in [6.45, 7) is 4.19. The van der Waals surface area contributed by atoms with Crippen molar-refractivity contribution in [3.8, 4) is 0 Å². The standard InChI is InChI=1S/C19H22F2/c1-3-5-14-10-16-9-13-7-6-12(4-2)8-15(13)11-17(16)19(21)18(14)20/h9-12H,3-8H2,1-2H3. The maximum Gasteiger partial charge on any atom is 0.166 e. The highest BCUT2D eigenvalue weighted by Crippen LogP contribution is 2.33. The van der Waals surface area contributed by atoms with Gasteiger partial charge < -0.3 is 0 Å². The molecule has 0 spiro atoms. The third kappa shape index (κ3) is 2.56.